The van der Waals surface area contributed by atoms with Gasteiger partial charge in [-0.25, -0.2) is 0 Å². The lowest BCUT2D eigenvalue weighted by Gasteiger charge is -2.32. The third-order valence-corrected chi connectivity index (χ3v) is 3.59. The Morgan fingerprint density at radius 2 is 2.18 bits per heavy atom. The maximum absolute atomic E-state index is 6.23. The number of halogens is 1. The van der Waals surface area contributed by atoms with Crippen LogP contribution in [0.15, 0.2) is 30.5 Å². The molecule has 1 aromatic carbocycles. The summed E-state index contributed by atoms with van der Waals surface area (Å²) in [6.45, 7) is 1.95. The molecule has 0 saturated carbocycles. The molecule has 1 aliphatic heterocycles. The molecule has 3 nitrogen and oxygen atoms in total. The van der Waals surface area contributed by atoms with Gasteiger partial charge in [-0.05, 0) is 18.9 Å². The zero-order valence-corrected chi connectivity index (χ0v) is 10.3. The van der Waals surface area contributed by atoms with Crippen LogP contribution in [0.25, 0.3) is 10.9 Å². The van der Waals surface area contributed by atoms with Crippen LogP contribution in [0.4, 0.5) is 5.69 Å². The van der Waals surface area contributed by atoms with Crippen molar-refractivity contribution in [1.82, 2.24) is 10.2 Å². The molecule has 0 spiro atoms. The highest BCUT2D eigenvalue weighted by Gasteiger charge is 2.19. The molecule has 2 heterocycles. The second kappa shape index (κ2) is 4.49. The lowest BCUT2D eigenvalue weighted by Crippen LogP contribution is -2.36. The van der Waals surface area contributed by atoms with Crippen LogP contribution in [0.1, 0.15) is 12.8 Å². The molecule has 0 N–H and O–H groups in total. The van der Waals surface area contributed by atoms with Crippen LogP contribution in [0, 0.1) is 0 Å². The summed E-state index contributed by atoms with van der Waals surface area (Å²) in [7, 11) is 0. The van der Waals surface area contributed by atoms with E-state index in [1.54, 1.807) is 0 Å². The highest BCUT2D eigenvalue weighted by atomic mass is 35.5. The summed E-state index contributed by atoms with van der Waals surface area (Å²) in [5.74, 6) is 0. The quantitative estimate of drug-likeness (QED) is 0.726. The Bertz CT molecular complexity index is 524. The Balaban J connectivity index is 2.04. The predicted molar refractivity (Wildman–Crippen MR) is 70.6 cm³/mol. The van der Waals surface area contributed by atoms with Crippen LogP contribution in [0.3, 0.4) is 0 Å². The van der Waals surface area contributed by atoms with E-state index in [9.17, 15) is 0 Å². The molecule has 2 aromatic rings. The number of fused-ring (bicyclic) bond motifs is 1. The Labute approximate surface area is 105 Å². The Hall–Kier alpha value is -1.35. The fraction of sp³-hybridized carbons (Fsp3) is 0.385. The van der Waals surface area contributed by atoms with Gasteiger partial charge in [0.25, 0.3) is 0 Å². The molecule has 0 bridgehead atoms. The molecule has 0 amide bonds. The van der Waals surface area contributed by atoms with E-state index >= 15 is 0 Å². The first-order chi connectivity index (χ1) is 8.34. The number of alkyl halides is 1. The van der Waals surface area contributed by atoms with Gasteiger partial charge in [0.15, 0.2) is 0 Å². The Kier molecular flexibility index (Phi) is 2.85. The van der Waals surface area contributed by atoms with Gasteiger partial charge in [0.2, 0.25) is 0 Å². The molecule has 1 unspecified atom stereocenters. The topological polar surface area (TPSA) is 29.0 Å². The standard InChI is InChI=1S/C13H14ClN3/c14-10-4-3-7-17(9-10)13-8-15-16-12-6-2-1-5-11(12)13/h1-2,5-6,8,10H,3-4,7,9H2. The molecular formula is C13H14ClN3. The van der Waals surface area contributed by atoms with E-state index in [-0.39, 0.29) is 5.38 Å². The van der Waals surface area contributed by atoms with Crippen molar-refractivity contribution in [2.24, 2.45) is 0 Å². The number of hydrogen-bond donors (Lipinski definition) is 0. The zero-order valence-electron chi connectivity index (χ0n) is 9.51. The molecule has 88 valence electrons. The van der Waals surface area contributed by atoms with Gasteiger partial charge >= 0.3 is 0 Å². The summed E-state index contributed by atoms with van der Waals surface area (Å²) in [4.78, 5) is 2.32. The average Bonchev–Trinajstić information content (AvgIpc) is 2.38. The minimum absolute atomic E-state index is 0.246. The van der Waals surface area contributed by atoms with Crippen molar-refractivity contribution in [3.8, 4) is 0 Å². The maximum atomic E-state index is 6.23. The molecule has 1 aromatic heterocycles. The van der Waals surface area contributed by atoms with Crippen molar-refractivity contribution in [1.29, 1.82) is 0 Å². The highest BCUT2D eigenvalue weighted by Crippen LogP contribution is 2.27. The van der Waals surface area contributed by atoms with E-state index in [4.69, 9.17) is 11.6 Å². The fourth-order valence-corrected chi connectivity index (χ4v) is 2.71. The molecule has 3 rings (SSSR count). The number of aromatic nitrogens is 2. The van der Waals surface area contributed by atoms with Crippen molar-refractivity contribution >= 4 is 28.2 Å². The smallest absolute Gasteiger partial charge is 0.0950 e. The van der Waals surface area contributed by atoms with Crippen LogP contribution in [0.2, 0.25) is 0 Å². The van der Waals surface area contributed by atoms with Gasteiger partial charge in [0.05, 0.1) is 22.8 Å². The molecule has 1 fully saturated rings. The molecule has 0 radical (unpaired) electrons. The number of benzene rings is 1. The zero-order chi connectivity index (χ0) is 11.7. The maximum Gasteiger partial charge on any atom is 0.0950 e. The summed E-state index contributed by atoms with van der Waals surface area (Å²) >= 11 is 6.23. The monoisotopic (exact) mass is 247 g/mol. The van der Waals surface area contributed by atoms with E-state index in [1.165, 1.54) is 0 Å². The fourth-order valence-electron chi connectivity index (χ4n) is 2.39. The molecule has 1 aliphatic rings. The molecule has 1 saturated heterocycles. The second-order valence-electron chi connectivity index (χ2n) is 4.43. The summed E-state index contributed by atoms with van der Waals surface area (Å²) in [6.07, 6.45) is 4.09. The van der Waals surface area contributed by atoms with Gasteiger partial charge in [0, 0.05) is 18.5 Å². The molecular weight excluding hydrogens is 234 g/mol. The SMILES string of the molecule is ClC1CCCN(c2cnnc3ccccc23)C1. The van der Waals surface area contributed by atoms with Gasteiger partial charge in [-0.2, -0.15) is 10.2 Å². The lowest BCUT2D eigenvalue weighted by molar-refractivity contribution is 0.585. The second-order valence-corrected chi connectivity index (χ2v) is 5.05. The number of rotatable bonds is 1. The first-order valence-electron chi connectivity index (χ1n) is 5.94. The van der Waals surface area contributed by atoms with Gasteiger partial charge < -0.3 is 4.90 Å². The van der Waals surface area contributed by atoms with E-state index in [1.807, 2.05) is 24.4 Å². The van der Waals surface area contributed by atoms with Crippen molar-refractivity contribution in [3.63, 3.8) is 0 Å². The Morgan fingerprint density at radius 1 is 1.29 bits per heavy atom. The predicted octanol–water partition coefficient (Wildman–Crippen LogP) is 2.84. The minimum atomic E-state index is 0.246. The van der Waals surface area contributed by atoms with Crippen LogP contribution in [0.5, 0.6) is 0 Å². The lowest BCUT2D eigenvalue weighted by atomic mass is 10.1. The van der Waals surface area contributed by atoms with Crippen LogP contribution in [-0.2, 0) is 0 Å². The van der Waals surface area contributed by atoms with Crippen molar-refractivity contribution in [2.75, 3.05) is 18.0 Å². The third kappa shape index (κ3) is 2.07. The average molecular weight is 248 g/mol. The number of piperidine rings is 1. The van der Waals surface area contributed by atoms with Crippen LogP contribution < -0.4 is 4.90 Å². The first-order valence-corrected chi connectivity index (χ1v) is 6.38. The van der Waals surface area contributed by atoms with E-state index in [0.29, 0.717) is 0 Å². The number of hydrogen-bond acceptors (Lipinski definition) is 3. The van der Waals surface area contributed by atoms with Crippen LogP contribution in [-0.4, -0.2) is 28.7 Å². The van der Waals surface area contributed by atoms with Gasteiger partial charge in [-0.15, -0.1) is 11.6 Å². The molecule has 1 atom stereocenters. The summed E-state index contributed by atoms with van der Waals surface area (Å²) in [5.41, 5.74) is 2.10. The van der Waals surface area contributed by atoms with Gasteiger partial charge in [0.1, 0.15) is 0 Å². The Morgan fingerprint density at radius 3 is 3.06 bits per heavy atom. The van der Waals surface area contributed by atoms with Gasteiger partial charge in [-0.1, -0.05) is 18.2 Å². The molecule has 4 heteroatoms. The molecule has 17 heavy (non-hydrogen) atoms. The van der Waals surface area contributed by atoms with Crippen molar-refractivity contribution < 1.29 is 0 Å². The van der Waals surface area contributed by atoms with Crippen molar-refractivity contribution in [3.05, 3.63) is 30.5 Å². The summed E-state index contributed by atoms with van der Waals surface area (Å²) in [5, 5.41) is 9.63. The van der Waals surface area contributed by atoms with E-state index in [0.717, 1.165) is 42.5 Å². The minimum Gasteiger partial charge on any atom is -0.368 e. The summed E-state index contributed by atoms with van der Waals surface area (Å²) < 4.78 is 0. The van der Waals surface area contributed by atoms with E-state index in [2.05, 4.69) is 21.2 Å². The number of anilines is 1. The van der Waals surface area contributed by atoms with E-state index < -0.39 is 0 Å². The normalized spacial score (nSPS) is 20.8. The third-order valence-electron chi connectivity index (χ3n) is 3.23. The van der Waals surface area contributed by atoms with Crippen molar-refractivity contribution in [2.45, 2.75) is 18.2 Å². The van der Waals surface area contributed by atoms with Crippen LogP contribution >= 0.6 is 11.6 Å². The number of nitrogens with zero attached hydrogens (tertiary/aromatic N) is 3. The summed E-state index contributed by atoms with van der Waals surface area (Å²) in [6, 6.07) is 8.11. The molecule has 0 aliphatic carbocycles. The highest BCUT2D eigenvalue weighted by molar-refractivity contribution is 6.21. The largest absolute Gasteiger partial charge is 0.368 e. The first kappa shape index (κ1) is 10.8. The van der Waals surface area contributed by atoms with Gasteiger partial charge in [-0.3, -0.25) is 0 Å².